The van der Waals surface area contributed by atoms with E-state index in [1.807, 2.05) is 13.8 Å². The molecule has 0 spiro atoms. The number of nitrogens with one attached hydrogen (secondary N) is 1. The fourth-order valence-corrected chi connectivity index (χ4v) is 4.70. The zero-order chi connectivity index (χ0) is 28.1. The van der Waals surface area contributed by atoms with Crippen LogP contribution in [0.5, 0.6) is 0 Å². The van der Waals surface area contributed by atoms with Crippen molar-refractivity contribution in [2.24, 2.45) is 5.92 Å². The molecule has 0 radical (unpaired) electrons. The van der Waals surface area contributed by atoms with Crippen LogP contribution in [0.25, 0.3) is 0 Å². The number of amides is 2. The maximum atomic E-state index is 13.5. The SMILES string of the molecule is CC(C)CNC(=O)[C@H](C)N(Cc1c(Cl)cccc1Cl)C(=O)CN(c1cccc(C(F)(F)F)c1)S(C)(=O)=O. The van der Waals surface area contributed by atoms with Gasteiger partial charge >= 0.3 is 6.18 Å². The van der Waals surface area contributed by atoms with Crippen molar-refractivity contribution in [3.8, 4) is 0 Å². The van der Waals surface area contributed by atoms with E-state index in [1.165, 1.54) is 6.92 Å². The van der Waals surface area contributed by atoms with Gasteiger partial charge in [-0.3, -0.25) is 13.9 Å². The van der Waals surface area contributed by atoms with Gasteiger partial charge in [0.1, 0.15) is 12.6 Å². The standard InChI is InChI=1S/C24H28Cl2F3N3O4S/c1-15(2)12-30-23(34)16(3)31(13-19-20(25)9-6-10-21(19)26)22(33)14-32(37(4,35)36)18-8-5-7-17(11-18)24(27,28)29/h5-11,15-16H,12-14H2,1-4H3,(H,30,34)/t16-/m0/s1. The van der Waals surface area contributed by atoms with Crippen LogP contribution in [0, 0.1) is 5.92 Å². The highest BCUT2D eigenvalue weighted by atomic mass is 35.5. The van der Waals surface area contributed by atoms with Gasteiger partial charge in [0.2, 0.25) is 21.8 Å². The Hall–Kier alpha value is -2.50. The molecule has 0 saturated carbocycles. The molecule has 2 aromatic rings. The van der Waals surface area contributed by atoms with Gasteiger partial charge in [0.15, 0.2) is 0 Å². The Labute approximate surface area is 224 Å². The molecule has 2 rings (SSSR count). The molecule has 1 N–H and O–H groups in total. The van der Waals surface area contributed by atoms with Crippen molar-refractivity contribution in [3.05, 3.63) is 63.6 Å². The van der Waals surface area contributed by atoms with Crippen molar-refractivity contribution in [2.45, 2.75) is 39.5 Å². The molecule has 7 nitrogen and oxygen atoms in total. The number of hydrogen-bond acceptors (Lipinski definition) is 4. The molecule has 0 aromatic heterocycles. The smallest absolute Gasteiger partial charge is 0.354 e. The fourth-order valence-electron chi connectivity index (χ4n) is 3.34. The zero-order valence-electron chi connectivity index (χ0n) is 20.6. The molecule has 1 atom stereocenters. The Balaban J connectivity index is 2.48. The molecule has 37 heavy (non-hydrogen) atoms. The van der Waals surface area contributed by atoms with Gasteiger partial charge < -0.3 is 10.2 Å². The lowest BCUT2D eigenvalue weighted by molar-refractivity contribution is -0.139. The quantitative estimate of drug-likeness (QED) is 0.429. The Kier molecular flexibility index (Phi) is 10.3. The third-order valence-electron chi connectivity index (χ3n) is 5.38. The number of anilines is 1. The van der Waals surface area contributed by atoms with E-state index in [1.54, 1.807) is 18.2 Å². The van der Waals surface area contributed by atoms with Gasteiger partial charge in [-0.05, 0) is 43.2 Å². The van der Waals surface area contributed by atoms with Crippen LogP contribution < -0.4 is 9.62 Å². The Morgan fingerprint density at radius 2 is 1.59 bits per heavy atom. The Morgan fingerprint density at radius 3 is 2.11 bits per heavy atom. The molecular weight excluding hydrogens is 554 g/mol. The summed E-state index contributed by atoms with van der Waals surface area (Å²) >= 11 is 12.5. The number of benzene rings is 2. The van der Waals surface area contributed by atoms with Crippen LogP contribution in [0.1, 0.15) is 31.9 Å². The number of carbonyl (C=O) groups excluding carboxylic acids is 2. The largest absolute Gasteiger partial charge is 0.416 e. The highest BCUT2D eigenvalue weighted by molar-refractivity contribution is 7.92. The summed E-state index contributed by atoms with van der Waals surface area (Å²) in [5.41, 5.74) is -1.10. The molecule has 0 fully saturated rings. The molecule has 2 amide bonds. The third kappa shape index (κ3) is 8.51. The summed E-state index contributed by atoms with van der Waals surface area (Å²) in [6, 6.07) is 7.23. The van der Waals surface area contributed by atoms with Crippen molar-refractivity contribution in [1.82, 2.24) is 10.2 Å². The summed E-state index contributed by atoms with van der Waals surface area (Å²) in [6.07, 6.45) is -3.95. The predicted octanol–water partition coefficient (Wildman–Crippen LogP) is 4.97. The summed E-state index contributed by atoms with van der Waals surface area (Å²) in [4.78, 5) is 27.4. The van der Waals surface area contributed by atoms with Crippen molar-refractivity contribution in [1.29, 1.82) is 0 Å². The molecular formula is C24H28Cl2F3N3O4S. The fraction of sp³-hybridized carbons (Fsp3) is 0.417. The molecule has 0 aliphatic carbocycles. The lowest BCUT2D eigenvalue weighted by Crippen LogP contribution is -2.51. The lowest BCUT2D eigenvalue weighted by Gasteiger charge is -2.32. The van der Waals surface area contributed by atoms with Crippen LogP contribution in [-0.2, 0) is 32.3 Å². The van der Waals surface area contributed by atoms with E-state index in [2.05, 4.69) is 5.32 Å². The van der Waals surface area contributed by atoms with Crippen LogP contribution in [-0.4, -0.2) is 50.5 Å². The highest BCUT2D eigenvalue weighted by Crippen LogP contribution is 2.32. The molecule has 0 saturated heterocycles. The van der Waals surface area contributed by atoms with Gasteiger partial charge in [0.05, 0.1) is 17.5 Å². The molecule has 0 aliphatic rings. The van der Waals surface area contributed by atoms with E-state index in [0.29, 0.717) is 22.5 Å². The second kappa shape index (κ2) is 12.4. The number of halogens is 5. The van der Waals surface area contributed by atoms with E-state index < -0.39 is 46.2 Å². The van der Waals surface area contributed by atoms with E-state index in [4.69, 9.17) is 23.2 Å². The van der Waals surface area contributed by atoms with Gasteiger partial charge in [-0.1, -0.05) is 49.2 Å². The molecule has 0 aliphatic heterocycles. The van der Waals surface area contributed by atoms with Crippen molar-refractivity contribution in [3.63, 3.8) is 0 Å². The molecule has 0 bridgehead atoms. The summed E-state index contributed by atoms with van der Waals surface area (Å²) in [6.45, 7) is 4.45. The summed E-state index contributed by atoms with van der Waals surface area (Å²) in [5.74, 6) is -1.22. The maximum absolute atomic E-state index is 13.5. The van der Waals surface area contributed by atoms with Crippen LogP contribution in [0.3, 0.4) is 0 Å². The monoisotopic (exact) mass is 581 g/mol. The molecule has 0 unspecified atom stereocenters. The Bertz CT molecular complexity index is 1220. The van der Waals surface area contributed by atoms with Gasteiger partial charge in [-0.25, -0.2) is 8.42 Å². The van der Waals surface area contributed by atoms with Crippen molar-refractivity contribution >= 4 is 50.7 Å². The van der Waals surface area contributed by atoms with Crippen LogP contribution in [0.2, 0.25) is 10.0 Å². The minimum atomic E-state index is -4.72. The molecule has 13 heteroatoms. The van der Waals surface area contributed by atoms with E-state index in [-0.39, 0.29) is 28.2 Å². The topological polar surface area (TPSA) is 86.8 Å². The van der Waals surface area contributed by atoms with E-state index in [0.717, 1.165) is 29.4 Å². The maximum Gasteiger partial charge on any atom is 0.416 e. The van der Waals surface area contributed by atoms with E-state index >= 15 is 0 Å². The van der Waals surface area contributed by atoms with Crippen molar-refractivity contribution in [2.75, 3.05) is 23.7 Å². The average molecular weight is 582 g/mol. The molecule has 204 valence electrons. The predicted molar refractivity (Wildman–Crippen MR) is 138 cm³/mol. The number of carbonyl (C=O) groups is 2. The van der Waals surface area contributed by atoms with Gasteiger partial charge in [-0.15, -0.1) is 0 Å². The Morgan fingerprint density at radius 1 is 1.03 bits per heavy atom. The first kappa shape index (κ1) is 30.7. The second-order valence-corrected chi connectivity index (χ2v) is 11.6. The average Bonchev–Trinajstić information content (AvgIpc) is 2.79. The van der Waals surface area contributed by atoms with Crippen molar-refractivity contribution < 1.29 is 31.2 Å². The number of nitrogens with zero attached hydrogens (tertiary/aromatic N) is 2. The lowest BCUT2D eigenvalue weighted by atomic mass is 10.1. The number of alkyl halides is 3. The van der Waals surface area contributed by atoms with E-state index in [9.17, 15) is 31.2 Å². The minimum absolute atomic E-state index is 0.125. The van der Waals surface area contributed by atoms with Gasteiger partial charge in [0, 0.05) is 28.7 Å². The van der Waals surface area contributed by atoms with Gasteiger partial charge in [0.25, 0.3) is 0 Å². The zero-order valence-corrected chi connectivity index (χ0v) is 23.0. The van der Waals surface area contributed by atoms with Crippen LogP contribution in [0.15, 0.2) is 42.5 Å². The summed E-state index contributed by atoms with van der Waals surface area (Å²) in [7, 11) is -4.20. The molecule has 2 aromatic carbocycles. The first-order chi connectivity index (χ1) is 17.0. The molecule has 0 heterocycles. The number of sulfonamides is 1. The second-order valence-electron chi connectivity index (χ2n) is 8.85. The number of rotatable bonds is 10. The van der Waals surface area contributed by atoms with Gasteiger partial charge in [-0.2, -0.15) is 13.2 Å². The number of hydrogen-bond donors (Lipinski definition) is 1. The first-order valence-electron chi connectivity index (χ1n) is 11.2. The third-order valence-corrected chi connectivity index (χ3v) is 7.23. The normalized spacial score (nSPS) is 12.8. The van der Waals surface area contributed by atoms with Crippen LogP contribution >= 0.6 is 23.2 Å². The van der Waals surface area contributed by atoms with Crippen LogP contribution in [0.4, 0.5) is 18.9 Å². The highest BCUT2D eigenvalue weighted by Gasteiger charge is 2.34. The summed E-state index contributed by atoms with van der Waals surface area (Å²) < 4.78 is 65.4. The summed E-state index contributed by atoms with van der Waals surface area (Å²) in [5, 5.41) is 3.16. The first-order valence-corrected chi connectivity index (χ1v) is 13.8. The minimum Gasteiger partial charge on any atom is -0.354 e.